The van der Waals surface area contributed by atoms with Gasteiger partial charge in [0.25, 0.3) is 5.91 Å². The molecule has 1 aliphatic rings. The average molecular weight is 416 g/mol. The van der Waals surface area contributed by atoms with E-state index in [1.807, 2.05) is 0 Å². The number of amides is 1. The molecule has 3 rings (SSSR count). The summed E-state index contributed by atoms with van der Waals surface area (Å²) in [5.74, 6) is -1.74. The van der Waals surface area contributed by atoms with Gasteiger partial charge in [-0.05, 0) is 48.3 Å². The first kappa shape index (κ1) is 21.0. The van der Waals surface area contributed by atoms with Crippen LogP contribution in [0.1, 0.15) is 68.7 Å². The van der Waals surface area contributed by atoms with Gasteiger partial charge >= 0.3 is 11.9 Å². The molecule has 0 saturated heterocycles. The molecule has 0 fully saturated rings. The van der Waals surface area contributed by atoms with Gasteiger partial charge in [0.1, 0.15) is 5.00 Å². The molecule has 7 heteroatoms. The van der Waals surface area contributed by atoms with E-state index in [1.165, 1.54) is 30.6 Å². The third-order valence-electron chi connectivity index (χ3n) is 5.51. The average Bonchev–Trinajstić information content (AvgIpc) is 3.03. The van der Waals surface area contributed by atoms with Crippen LogP contribution in [0.2, 0.25) is 0 Å². The Balaban J connectivity index is 1.98. The highest BCUT2D eigenvalue weighted by molar-refractivity contribution is 7.17. The van der Waals surface area contributed by atoms with Gasteiger partial charge in [-0.2, -0.15) is 0 Å². The summed E-state index contributed by atoms with van der Waals surface area (Å²) in [5, 5.41) is 12.5. The normalized spacial score (nSPS) is 16.1. The maximum atomic E-state index is 12.8. The molecule has 1 aromatic carbocycles. The van der Waals surface area contributed by atoms with Gasteiger partial charge in [0.15, 0.2) is 0 Å². The number of thiophene rings is 1. The minimum atomic E-state index is -1.18. The highest BCUT2D eigenvalue weighted by Crippen LogP contribution is 2.44. The lowest BCUT2D eigenvalue weighted by Crippen LogP contribution is -2.26. The topological polar surface area (TPSA) is 92.7 Å². The van der Waals surface area contributed by atoms with Crippen molar-refractivity contribution in [2.45, 2.75) is 40.0 Å². The molecule has 1 aromatic heterocycles. The standard InChI is InChI=1S/C22H25NO5S/c1-22(2,3)12-9-10-15-16(11-12)29-19(17(15)21(27)28-4)23-18(24)13-7-5-6-8-14(13)20(25)26/h5-8,12H,9-11H2,1-4H3,(H,23,24)(H,25,26). The van der Waals surface area contributed by atoms with Crippen molar-refractivity contribution in [3.05, 3.63) is 51.4 Å². The second kappa shape index (κ2) is 7.99. The fourth-order valence-electron chi connectivity index (χ4n) is 3.77. The lowest BCUT2D eigenvalue weighted by Gasteiger charge is -2.33. The van der Waals surface area contributed by atoms with Crippen molar-refractivity contribution < 1.29 is 24.2 Å². The number of nitrogens with one attached hydrogen (secondary N) is 1. The number of benzene rings is 1. The number of carbonyl (C=O) groups excluding carboxylic acids is 2. The Morgan fingerprint density at radius 2 is 1.83 bits per heavy atom. The second-order valence-electron chi connectivity index (χ2n) is 8.31. The Bertz CT molecular complexity index is 970. The predicted octanol–water partition coefficient (Wildman–Crippen LogP) is 4.64. The molecule has 0 aliphatic heterocycles. The minimum absolute atomic E-state index is 0.0507. The summed E-state index contributed by atoms with van der Waals surface area (Å²) >= 11 is 1.38. The minimum Gasteiger partial charge on any atom is -0.478 e. The molecule has 1 heterocycles. The maximum Gasteiger partial charge on any atom is 0.341 e. The van der Waals surface area contributed by atoms with Crippen molar-refractivity contribution in [3.63, 3.8) is 0 Å². The van der Waals surface area contributed by atoms with Gasteiger partial charge in [0.05, 0.1) is 23.8 Å². The van der Waals surface area contributed by atoms with E-state index in [1.54, 1.807) is 12.1 Å². The number of aromatic carboxylic acids is 1. The first-order valence-corrected chi connectivity index (χ1v) is 10.3. The Labute approximate surface area is 173 Å². The summed E-state index contributed by atoms with van der Waals surface area (Å²) in [4.78, 5) is 37.8. The molecule has 2 aromatic rings. The van der Waals surface area contributed by atoms with Crippen molar-refractivity contribution >= 4 is 34.2 Å². The van der Waals surface area contributed by atoms with Gasteiger partial charge in [-0.15, -0.1) is 11.3 Å². The van der Waals surface area contributed by atoms with Crippen LogP contribution in [0.15, 0.2) is 24.3 Å². The molecule has 1 amide bonds. The van der Waals surface area contributed by atoms with Crippen molar-refractivity contribution in [3.8, 4) is 0 Å². The Kier molecular flexibility index (Phi) is 5.80. The Morgan fingerprint density at radius 1 is 1.17 bits per heavy atom. The van der Waals surface area contributed by atoms with Crippen LogP contribution in [-0.4, -0.2) is 30.1 Å². The lowest BCUT2D eigenvalue weighted by atomic mass is 9.72. The summed E-state index contributed by atoms with van der Waals surface area (Å²) in [6.07, 6.45) is 2.56. The molecule has 1 aliphatic carbocycles. The summed E-state index contributed by atoms with van der Waals surface area (Å²) < 4.78 is 4.97. The highest BCUT2D eigenvalue weighted by atomic mass is 32.1. The highest BCUT2D eigenvalue weighted by Gasteiger charge is 2.34. The molecule has 0 bridgehead atoms. The van der Waals surface area contributed by atoms with Crippen LogP contribution in [0.4, 0.5) is 5.00 Å². The number of carboxylic acid groups (broad SMARTS) is 1. The summed E-state index contributed by atoms with van der Waals surface area (Å²) in [6.45, 7) is 6.63. The number of carboxylic acids is 1. The molecule has 6 nitrogen and oxygen atoms in total. The van der Waals surface area contributed by atoms with Gasteiger partial charge in [-0.1, -0.05) is 32.9 Å². The van der Waals surface area contributed by atoms with E-state index < -0.39 is 17.8 Å². The third-order valence-corrected chi connectivity index (χ3v) is 6.68. The molecule has 0 spiro atoms. The first-order valence-electron chi connectivity index (χ1n) is 9.50. The maximum absolute atomic E-state index is 12.8. The molecule has 2 N–H and O–H groups in total. The van der Waals surface area contributed by atoms with Crippen LogP contribution in [0.3, 0.4) is 0 Å². The third kappa shape index (κ3) is 4.19. The number of methoxy groups -OCH3 is 1. The quantitative estimate of drug-likeness (QED) is 0.710. The summed E-state index contributed by atoms with van der Waals surface area (Å²) in [7, 11) is 1.32. The molecule has 154 valence electrons. The van der Waals surface area contributed by atoms with Crippen LogP contribution in [-0.2, 0) is 17.6 Å². The summed E-state index contributed by atoms with van der Waals surface area (Å²) in [5.41, 5.74) is 1.44. The zero-order valence-electron chi connectivity index (χ0n) is 17.0. The van der Waals surface area contributed by atoms with Gasteiger partial charge in [0.2, 0.25) is 0 Å². The van der Waals surface area contributed by atoms with Crippen molar-refractivity contribution in [2.75, 3.05) is 12.4 Å². The summed E-state index contributed by atoms with van der Waals surface area (Å²) in [6, 6.07) is 6.01. The van der Waals surface area contributed by atoms with Crippen LogP contribution in [0, 0.1) is 11.3 Å². The Morgan fingerprint density at radius 3 is 2.41 bits per heavy atom. The van der Waals surface area contributed by atoms with E-state index in [4.69, 9.17) is 4.74 Å². The molecule has 0 radical (unpaired) electrons. The molecule has 1 atom stereocenters. The van der Waals surface area contributed by atoms with Gasteiger partial charge in [-0.3, -0.25) is 4.79 Å². The molecule has 0 saturated carbocycles. The van der Waals surface area contributed by atoms with E-state index in [0.29, 0.717) is 16.5 Å². The predicted molar refractivity (Wildman–Crippen MR) is 112 cm³/mol. The fraction of sp³-hybridized carbons (Fsp3) is 0.409. The zero-order valence-corrected chi connectivity index (χ0v) is 17.8. The van der Waals surface area contributed by atoms with Gasteiger partial charge < -0.3 is 15.2 Å². The van der Waals surface area contributed by atoms with Crippen LogP contribution < -0.4 is 5.32 Å². The number of anilines is 1. The van der Waals surface area contributed by atoms with Crippen molar-refractivity contribution in [2.24, 2.45) is 11.3 Å². The largest absolute Gasteiger partial charge is 0.478 e. The van der Waals surface area contributed by atoms with Crippen molar-refractivity contribution in [1.29, 1.82) is 0 Å². The Hall–Kier alpha value is -2.67. The zero-order chi connectivity index (χ0) is 21.3. The van der Waals surface area contributed by atoms with E-state index in [2.05, 4.69) is 26.1 Å². The molecule has 1 unspecified atom stereocenters. The molecular formula is C22H25NO5S. The monoisotopic (exact) mass is 415 g/mol. The SMILES string of the molecule is COC(=O)c1c(NC(=O)c2ccccc2C(=O)O)sc2c1CCC(C(C)(C)C)C2. The second-order valence-corrected chi connectivity index (χ2v) is 9.42. The van der Waals surface area contributed by atoms with E-state index in [0.717, 1.165) is 29.7 Å². The number of fused-ring (bicyclic) bond motifs is 1. The smallest absolute Gasteiger partial charge is 0.341 e. The van der Waals surface area contributed by atoms with Crippen LogP contribution in [0.25, 0.3) is 0 Å². The van der Waals surface area contributed by atoms with Crippen LogP contribution >= 0.6 is 11.3 Å². The number of esters is 1. The number of hydrogen-bond donors (Lipinski definition) is 2. The van der Waals surface area contributed by atoms with Crippen LogP contribution in [0.5, 0.6) is 0 Å². The molecule has 29 heavy (non-hydrogen) atoms. The van der Waals surface area contributed by atoms with E-state index in [9.17, 15) is 19.5 Å². The molecular weight excluding hydrogens is 390 g/mol. The van der Waals surface area contributed by atoms with Gasteiger partial charge in [0, 0.05) is 4.88 Å². The van der Waals surface area contributed by atoms with E-state index in [-0.39, 0.29) is 16.5 Å². The number of hydrogen-bond acceptors (Lipinski definition) is 5. The fourth-order valence-corrected chi connectivity index (χ4v) is 5.08. The van der Waals surface area contributed by atoms with E-state index >= 15 is 0 Å². The van der Waals surface area contributed by atoms with Crippen molar-refractivity contribution in [1.82, 2.24) is 0 Å². The number of carbonyl (C=O) groups is 3. The lowest BCUT2D eigenvalue weighted by molar-refractivity contribution is 0.0599. The number of ether oxygens (including phenoxy) is 1. The first-order chi connectivity index (χ1) is 13.6. The number of rotatable bonds is 4. The van der Waals surface area contributed by atoms with Gasteiger partial charge in [-0.25, -0.2) is 9.59 Å².